The fourth-order valence-corrected chi connectivity index (χ4v) is 3.48. The van der Waals surface area contributed by atoms with E-state index in [0.717, 1.165) is 0 Å². The number of nitrogens with zero attached hydrogens (tertiary/aromatic N) is 1. The third-order valence-electron chi connectivity index (χ3n) is 2.43. The van der Waals surface area contributed by atoms with E-state index in [2.05, 4.69) is 25.6 Å². The summed E-state index contributed by atoms with van der Waals surface area (Å²) in [6.07, 6.45) is 1.42. The lowest BCUT2D eigenvalue weighted by Gasteiger charge is -2.11. The summed E-state index contributed by atoms with van der Waals surface area (Å²) in [6, 6.07) is 7.83. The zero-order chi connectivity index (χ0) is 14.8. The first-order valence-electron chi connectivity index (χ1n) is 5.41. The number of hydrogen-bond donors (Lipinski definition) is 1. The van der Waals surface area contributed by atoms with Gasteiger partial charge in [0, 0.05) is 16.7 Å². The Morgan fingerprint density at radius 3 is 2.75 bits per heavy atom. The number of aromatic nitrogens is 1. The van der Waals surface area contributed by atoms with Gasteiger partial charge in [-0.05, 0) is 40.2 Å². The van der Waals surface area contributed by atoms with E-state index in [1.807, 2.05) is 0 Å². The highest BCUT2D eigenvalue weighted by atomic mass is 79.9. The summed E-state index contributed by atoms with van der Waals surface area (Å²) in [4.78, 5) is 3.67. The van der Waals surface area contributed by atoms with Gasteiger partial charge in [-0.25, -0.2) is 13.4 Å². The number of nitrogens with one attached hydrogen (secondary N) is 1. The Kier molecular flexibility index (Phi) is 4.52. The van der Waals surface area contributed by atoms with Crippen LogP contribution in [0.25, 0.3) is 0 Å². The van der Waals surface area contributed by atoms with Crippen LogP contribution in [0.2, 0.25) is 5.15 Å². The molecule has 0 atom stereocenters. The Labute approximate surface area is 130 Å². The molecule has 0 saturated heterocycles. The molecule has 0 radical (unpaired) electrons. The van der Waals surface area contributed by atoms with Crippen LogP contribution in [0, 0.1) is 0 Å². The van der Waals surface area contributed by atoms with Gasteiger partial charge in [-0.1, -0.05) is 11.6 Å². The molecule has 1 heterocycles. The lowest BCUT2D eigenvalue weighted by atomic mass is 10.3. The van der Waals surface area contributed by atoms with Crippen molar-refractivity contribution < 1.29 is 13.2 Å². The van der Waals surface area contributed by atoms with Crippen LogP contribution in [0.3, 0.4) is 0 Å². The lowest BCUT2D eigenvalue weighted by Crippen LogP contribution is -2.14. The topological polar surface area (TPSA) is 68.3 Å². The largest absolute Gasteiger partial charge is 0.497 e. The highest BCUT2D eigenvalue weighted by molar-refractivity contribution is 9.10. The Hall–Kier alpha value is -1.31. The maximum absolute atomic E-state index is 12.3. The summed E-state index contributed by atoms with van der Waals surface area (Å²) in [7, 11) is -2.32. The van der Waals surface area contributed by atoms with Crippen molar-refractivity contribution in [1.29, 1.82) is 0 Å². The Bertz CT molecular complexity index is 737. The fraction of sp³-hybridized carbons (Fsp3) is 0.0833. The van der Waals surface area contributed by atoms with Crippen molar-refractivity contribution >= 4 is 43.2 Å². The number of benzene rings is 1. The van der Waals surface area contributed by atoms with Gasteiger partial charge in [0.1, 0.15) is 15.8 Å². The maximum atomic E-state index is 12.3. The molecule has 0 amide bonds. The number of rotatable bonds is 4. The average molecular weight is 378 g/mol. The quantitative estimate of drug-likeness (QED) is 0.830. The molecule has 2 rings (SSSR count). The number of anilines is 1. The van der Waals surface area contributed by atoms with E-state index < -0.39 is 10.0 Å². The first kappa shape index (κ1) is 15.1. The first-order chi connectivity index (χ1) is 9.44. The molecule has 20 heavy (non-hydrogen) atoms. The minimum Gasteiger partial charge on any atom is -0.497 e. The van der Waals surface area contributed by atoms with Crippen LogP contribution in [0.5, 0.6) is 5.75 Å². The summed E-state index contributed by atoms with van der Waals surface area (Å²) in [5.74, 6) is 0.531. The number of sulfonamides is 1. The van der Waals surface area contributed by atoms with E-state index in [1.165, 1.54) is 25.4 Å². The van der Waals surface area contributed by atoms with E-state index in [1.54, 1.807) is 18.2 Å². The molecule has 0 spiro atoms. The number of halogens is 2. The SMILES string of the molecule is COc1ccc(Br)c(NS(=O)(=O)c2cccnc2Cl)c1. The van der Waals surface area contributed by atoms with Gasteiger partial charge in [0.25, 0.3) is 10.0 Å². The lowest BCUT2D eigenvalue weighted by molar-refractivity contribution is 0.415. The van der Waals surface area contributed by atoms with E-state index in [9.17, 15) is 8.42 Å². The Balaban J connectivity index is 2.41. The van der Waals surface area contributed by atoms with Crippen LogP contribution in [0.4, 0.5) is 5.69 Å². The van der Waals surface area contributed by atoms with Gasteiger partial charge in [-0.15, -0.1) is 0 Å². The molecule has 0 unspecified atom stereocenters. The van der Waals surface area contributed by atoms with Gasteiger partial charge >= 0.3 is 0 Å². The smallest absolute Gasteiger partial charge is 0.265 e. The van der Waals surface area contributed by atoms with E-state index in [0.29, 0.717) is 15.9 Å². The van der Waals surface area contributed by atoms with Crippen LogP contribution < -0.4 is 9.46 Å². The molecule has 1 aromatic carbocycles. The molecule has 1 aromatic heterocycles. The summed E-state index contributed by atoms with van der Waals surface area (Å²) < 4.78 is 32.6. The predicted molar refractivity (Wildman–Crippen MR) is 80.7 cm³/mol. The molecule has 0 bridgehead atoms. The molecular weight excluding hydrogens is 368 g/mol. The highest BCUT2D eigenvalue weighted by Crippen LogP contribution is 2.30. The second-order valence-electron chi connectivity index (χ2n) is 3.74. The summed E-state index contributed by atoms with van der Waals surface area (Å²) >= 11 is 9.08. The number of methoxy groups -OCH3 is 1. The Morgan fingerprint density at radius 2 is 2.10 bits per heavy atom. The molecule has 0 aliphatic rings. The van der Waals surface area contributed by atoms with E-state index >= 15 is 0 Å². The van der Waals surface area contributed by atoms with Crippen molar-refractivity contribution in [2.45, 2.75) is 4.90 Å². The van der Waals surface area contributed by atoms with Crippen molar-refractivity contribution in [2.24, 2.45) is 0 Å². The summed E-state index contributed by atoms with van der Waals surface area (Å²) in [6.45, 7) is 0. The molecule has 0 saturated carbocycles. The fourth-order valence-electron chi connectivity index (χ4n) is 1.48. The standard InChI is InChI=1S/C12H10BrClN2O3S/c1-19-8-4-5-9(13)10(7-8)16-20(17,18)11-3-2-6-15-12(11)14/h2-7,16H,1H3. The zero-order valence-corrected chi connectivity index (χ0v) is 13.5. The van der Waals surface area contributed by atoms with Crippen LogP contribution in [0.15, 0.2) is 45.9 Å². The van der Waals surface area contributed by atoms with Gasteiger partial charge < -0.3 is 4.74 Å². The second kappa shape index (κ2) is 5.99. The number of ether oxygens (including phenoxy) is 1. The summed E-state index contributed by atoms with van der Waals surface area (Å²) in [5, 5.41) is -0.0842. The van der Waals surface area contributed by atoms with Gasteiger partial charge in [-0.3, -0.25) is 4.72 Å². The maximum Gasteiger partial charge on any atom is 0.265 e. The molecule has 5 nitrogen and oxygen atoms in total. The minimum atomic E-state index is -3.82. The van der Waals surface area contributed by atoms with Crippen molar-refractivity contribution in [3.63, 3.8) is 0 Å². The molecule has 0 aliphatic heterocycles. The van der Waals surface area contributed by atoms with Crippen LogP contribution in [-0.2, 0) is 10.0 Å². The van der Waals surface area contributed by atoms with E-state index in [-0.39, 0.29) is 10.0 Å². The third-order valence-corrected chi connectivity index (χ3v) is 4.93. The normalized spacial score (nSPS) is 11.2. The van der Waals surface area contributed by atoms with Crippen molar-refractivity contribution in [3.05, 3.63) is 46.2 Å². The zero-order valence-electron chi connectivity index (χ0n) is 10.3. The monoisotopic (exact) mass is 376 g/mol. The molecule has 106 valence electrons. The summed E-state index contributed by atoms with van der Waals surface area (Å²) in [5.41, 5.74) is 0.351. The van der Waals surface area contributed by atoms with Gasteiger partial charge in [-0.2, -0.15) is 0 Å². The Morgan fingerprint density at radius 1 is 1.35 bits per heavy atom. The average Bonchev–Trinajstić information content (AvgIpc) is 2.41. The minimum absolute atomic E-state index is 0.0842. The molecule has 2 aromatic rings. The second-order valence-corrected chi connectivity index (χ2v) is 6.61. The van der Waals surface area contributed by atoms with E-state index in [4.69, 9.17) is 16.3 Å². The van der Waals surface area contributed by atoms with Crippen molar-refractivity contribution in [2.75, 3.05) is 11.8 Å². The van der Waals surface area contributed by atoms with Crippen molar-refractivity contribution in [3.8, 4) is 5.75 Å². The van der Waals surface area contributed by atoms with Crippen LogP contribution >= 0.6 is 27.5 Å². The van der Waals surface area contributed by atoms with Crippen LogP contribution in [0.1, 0.15) is 0 Å². The molecule has 8 heteroatoms. The van der Waals surface area contributed by atoms with Gasteiger partial charge in [0.15, 0.2) is 0 Å². The number of pyridine rings is 1. The predicted octanol–water partition coefficient (Wildman–Crippen LogP) is 3.31. The third kappa shape index (κ3) is 3.23. The van der Waals surface area contributed by atoms with Gasteiger partial charge in [0.2, 0.25) is 0 Å². The molecule has 0 aliphatic carbocycles. The van der Waals surface area contributed by atoms with Crippen molar-refractivity contribution in [1.82, 2.24) is 4.98 Å². The first-order valence-corrected chi connectivity index (χ1v) is 8.06. The molecule has 0 fully saturated rings. The number of hydrogen-bond acceptors (Lipinski definition) is 4. The highest BCUT2D eigenvalue weighted by Gasteiger charge is 2.19. The molecule has 1 N–H and O–H groups in total. The van der Waals surface area contributed by atoms with Crippen LogP contribution in [-0.4, -0.2) is 20.5 Å². The van der Waals surface area contributed by atoms with Gasteiger partial charge in [0.05, 0.1) is 12.8 Å². The molecular formula is C12H10BrClN2O3S.